The van der Waals surface area contributed by atoms with Gasteiger partial charge in [-0.25, -0.2) is 0 Å². The maximum Gasteiger partial charge on any atom is 0.306 e. The second-order valence-corrected chi connectivity index (χ2v) is 11.1. The van der Waals surface area contributed by atoms with Crippen LogP contribution in [0, 0.1) is 46.3 Å². The maximum absolute atomic E-state index is 12.1. The Morgan fingerprint density at radius 2 is 1.89 bits per heavy atom. The highest BCUT2D eigenvalue weighted by Crippen LogP contribution is 2.81. The van der Waals surface area contributed by atoms with Crippen LogP contribution in [0.15, 0.2) is 23.3 Å². The number of rotatable bonds is 0. The van der Waals surface area contributed by atoms with Crippen LogP contribution in [0.25, 0.3) is 0 Å². The Morgan fingerprint density at radius 1 is 1.04 bits per heavy atom. The summed E-state index contributed by atoms with van der Waals surface area (Å²) in [7, 11) is 0. The largest absolute Gasteiger partial charge is 0.458 e. The van der Waals surface area contributed by atoms with Crippen LogP contribution in [0.5, 0.6) is 0 Å². The molecule has 6 aliphatic carbocycles. The number of hydrogen-bond donors (Lipinski definition) is 0. The molecule has 0 aromatic rings. The van der Waals surface area contributed by atoms with Gasteiger partial charge < -0.3 is 4.74 Å². The van der Waals surface area contributed by atoms with Crippen molar-refractivity contribution in [1.82, 2.24) is 0 Å². The third kappa shape index (κ3) is 1.53. The van der Waals surface area contributed by atoms with Crippen molar-refractivity contribution in [1.29, 1.82) is 0 Å². The van der Waals surface area contributed by atoms with Gasteiger partial charge in [0, 0.05) is 29.6 Å². The van der Waals surface area contributed by atoms with E-state index >= 15 is 0 Å². The first kappa shape index (κ1) is 15.5. The van der Waals surface area contributed by atoms with Crippen LogP contribution in [0.2, 0.25) is 0 Å². The smallest absolute Gasteiger partial charge is 0.306 e. The van der Waals surface area contributed by atoms with Crippen molar-refractivity contribution >= 4 is 11.8 Å². The maximum atomic E-state index is 12.1. The number of ketones is 1. The zero-order valence-corrected chi connectivity index (χ0v) is 16.3. The lowest BCUT2D eigenvalue weighted by Gasteiger charge is -2.56. The molecule has 2 unspecified atom stereocenters. The molecule has 9 atom stereocenters. The molecular weight excluding hydrogens is 336 g/mol. The van der Waals surface area contributed by atoms with Crippen LogP contribution in [-0.2, 0) is 14.3 Å². The molecule has 1 heterocycles. The lowest BCUT2D eigenvalue weighted by Crippen LogP contribution is -2.53. The fourth-order valence-corrected chi connectivity index (χ4v) is 9.01. The lowest BCUT2D eigenvalue weighted by atomic mass is 9.49. The Balaban J connectivity index is 1.38. The SMILES string of the molecule is C[C@]12CCC(=O)C=C1[C@@H]1C[C@@H]1C1C2=CC[C@@]2(C)C1[C@@H]1C[C@@H]1[C@@]21CCC(=O)O1. The van der Waals surface area contributed by atoms with Crippen molar-refractivity contribution in [2.45, 2.75) is 64.4 Å². The number of carbonyl (C=O) groups excluding carboxylic acids is 2. The summed E-state index contributed by atoms with van der Waals surface area (Å²) in [5.74, 6) is 4.47. The normalized spacial score (nSPS) is 59.0. The Bertz CT molecular complexity index is 882. The monoisotopic (exact) mass is 364 g/mol. The predicted octanol–water partition coefficient (Wildman–Crippen LogP) is 4.23. The van der Waals surface area contributed by atoms with E-state index in [1.54, 1.807) is 5.57 Å². The van der Waals surface area contributed by atoms with Crippen LogP contribution >= 0.6 is 0 Å². The van der Waals surface area contributed by atoms with Gasteiger partial charge in [-0.1, -0.05) is 31.1 Å². The Morgan fingerprint density at radius 3 is 2.67 bits per heavy atom. The summed E-state index contributed by atoms with van der Waals surface area (Å²) < 4.78 is 6.19. The van der Waals surface area contributed by atoms with Gasteiger partial charge in [0.2, 0.25) is 0 Å². The number of ether oxygens (including phenoxy) is 1. The van der Waals surface area contributed by atoms with Crippen LogP contribution < -0.4 is 0 Å². The molecule has 7 rings (SSSR count). The molecule has 0 amide bonds. The highest BCUT2D eigenvalue weighted by molar-refractivity contribution is 5.92. The van der Waals surface area contributed by atoms with Gasteiger partial charge >= 0.3 is 5.97 Å². The van der Waals surface area contributed by atoms with Crippen molar-refractivity contribution in [3.05, 3.63) is 23.3 Å². The van der Waals surface area contributed by atoms with Gasteiger partial charge in [-0.15, -0.1) is 0 Å². The van der Waals surface area contributed by atoms with Crippen LogP contribution in [-0.4, -0.2) is 17.4 Å². The van der Waals surface area contributed by atoms with E-state index in [4.69, 9.17) is 4.74 Å². The molecule has 0 bridgehead atoms. The van der Waals surface area contributed by atoms with Gasteiger partial charge in [-0.3, -0.25) is 9.59 Å². The second-order valence-electron chi connectivity index (χ2n) is 11.1. The van der Waals surface area contributed by atoms with Crippen molar-refractivity contribution in [3.63, 3.8) is 0 Å². The summed E-state index contributed by atoms with van der Waals surface area (Å²) in [5.41, 5.74) is 3.18. The molecule has 0 N–H and O–H groups in total. The molecule has 3 nitrogen and oxygen atoms in total. The fraction of sp³-hybridized carbons (Fsp3) is 0.750. The number of hydrogen-bond acceptors (Lipinski definition) is 3. The van der Waals surface area contributed by atoms with Gasteiger partial charge in [0.25, 0.3) is 0 Å². The Labute approximate surface area is 160 Å². The van der Waals surface area contributed by atoms with E-state index in [-0.39, 0.29) is 22.4 Å². The molecular formula is C24H28O3. The van der Waals surface area contributed by atoms with Crippen LogP contribution in [0.4, 0.5) is 0 Å². The Kier molecular flexibility index (Phi) is 2.46. The fourth-order valence-electron chi connectivity index (χ4n) is 9.01. The second kappa shape index (κ2) is 4.28. The zero-order valence-electron chi connectivity index (χ0n) is 16.3. The third-order valence-corrected chi connectivity index (χ3v) is 10.3. The van der Waals surface area contributed by atoms with Gasteiger partial charge in [0.05, 0.1) is 0 Å². The molecule has 27 heavy (non-hydrogen) atoms. The average molecular weight is 364 g/mol. The topological polar surface area (TPSA) is 43.4 Å². The highest BCUT2D eigenvalue weighted by atomic mass is 16.6. The predicted molar refractivity (Wildman–Crippen MR) is 99.5 cm³/mol. The van der Waals surface area contributed by atoms with Crippen molar-refractivity contribution in [2.75, 3.05) is 0 Å². The van der Waals surface area contributed by atoms with Gasteiger partial charge in [0.15, 0.2) is 5.78 Å². The third-order valence-electron chi connectivity index (χ3n) is 10.3. The highest BCUT2D eigenvalue weighted by Gasteiger charge is 2.80. The summed E-state index contributed by atoms with van der Waals surface area (Å²) >= 11 is 0. The minimum atomic E-state index is -0.175. The van der Waals surface area contributed by atoms with Gasteiger partial charge in [-0.05, 0) is 67.8 Å². The first-order valence-corrected chi connectivity index (χ1v) is 11.1. The number of esters is 1. The molecule has 0 aromatic heterocycles. The van der Waals surface area contributed by atoms with E-state index in [2.05, 4.69) is 19.9 Å². The van der Waals surface area contributed by atoms with Crippen LogP contribution in [0.3, 0.4) is 0 Å². The van der Waals surface area contributed by atoms with E-state index in [1.165, 1.54) is 18.4 Å². The summed E-state index contributed by atoms with van der Waals surface area (Å²) in [5, 5.41) is 0. The number of fused-ring (bicyclic) bond motifs is 12. The molecule has 1 spiro atoms. The van der Waals surface area contributed by atoms with Crippen molar-refractivity contribution in [2.24, 2.45) is 46.3 Å². The molecule has 1 saturated heterocycles. The molecule has 0 aromatic carbocycles. The number of allylic oxidation sites excluding steroid dienone is 4. The quantitative estimate of drug-likeness (QED) is 0.477. The standard InChI is InChI=1S/C24H28O3/c1-22-6-3-12(25)9-17(22)13-10-14(13)20-16(22)4-7-23(2)21(20)15-11-18(15)24(23)8-5-19(26)27-24/h4,9,13-15,18,20-21H,3,5-8,10-11H2,1-2H3/t13-,14+,15-,18+,20?,21?,22-,23+,24+/m1/s1. The van der Waals surface area contributed by atoms with E-state index in [9.17, 15) is 9.59 Å². The van der Waals surface area contributed by atoms with Gasteiger partial charge in [0.1, 0.15) is 5.60 Å². The minimum Gasteiger partial charge on any atom is -0.458 e. The van der Waals surface area contributed by atoms with Gasteiger partial charge in [-0.2, -0.15) is 0 Å². The molecule has 4 saturated carbocycles. The van der Waals surface area contributed by atoms with E-state index in [1.807, 2.05) is 6.08 Å². The minimum absolute atomic E-state index is 0.0354. The first-order chi connectivity index (χ1) is 12.9. The Hall–Kier alpha value is -1.38. The van der Waals surface area contributed by atoms with Crippen molar-refractivity contribution < 1.29 is 14.3 Å². The lowest BCUT2D eigenvalue weighted by molar-refractivity contribution is -0.166. The molecule has 1 aliphatic heterocycles. The van der Waals surface area contributed by atoms with E-state index in [0.29, 0.717) is 42.3 Å². The van der Waals surface area contributed by atoms with E-state index < -0.39 is 0 Å². The summed E-state index contributed by atoms with van der Waals surface area (Å²) in [6.45, 7) is 4.87. The zero-order chi connectivity index (χ0) is 18.3. The van der Waals surface area contributed by atoms with Crippen molar-refractivity contribution in [3.8, 4) is 0 Å². The summed E-state index contributed by atoms with van der Waals surface area (Å²) in [6.07, 6.45) is 11.4. The average Bonchev–Trinajstić information content (AvgIpc) is 3.53. The van der Waals surface area contributed by atoms with Crippen LogP contribution in [0.1, 0.15) is 58.8 Å². The first-order valence-electron chi connectivity index (χ1n) is 11.1. The summed E-state index contributed by atoms with van der Waals surface area (Å²) in [6, 6.07) is 0. The number of carbonyl (C=O) groups is 2. The summed E-state index contributed by atoms with van der Waals surface area (Å²) in [4.78, 5) is 24.3. The van der Waals surface area contributed by atoms with E-state index in [0.717, 1.165) is 31.1 Å². The molecule has 7 aliphatic rings. The molecule has 3 heteroatoms. The molecule has 5 fully saturated rings. The molecule has 142 valence electrons. The molecule has 0 radical (unpaired) electrons.